The van der Waals surface area contributed by atoms with Crippen LogP contribution in [-0.4, -0.2) is 17.5 Å². The normalized spacial score (nSPS) is 23.0. The van der Waals surface area contributed by atoms with Gasteiger partial charge in [0.1, 0.15) is 0 Å². The molecule has 1 aliphatic rings. The van der Waals surface area contributed by atoms with E-state index in [1.54, 1.807) is 6.08 Å². The van der Waals surface area contributed by atoms with Crippen LogP contribution in [0.2, 0.25) is 0 Å². The minimum absolute atomic E-state index is 0.455. The Labute approximate surface area is 67.9 Å². The Morgan fingerprint density at radius 3 is 2.55 bits per heavy atom. The highest BCUT2D eigenvalue weighted by Gasteiger charge is 2.29. The van der Waals surface area contributed by atoms with Crippen LogP contribution in [-0.2, 0) is 4.74 Å². The van der Waals surface area contributed by atoms with E-state index in [1.165, 1.54) is 6.42 Å². The number of ether oxygens (including phenoxy) is 1. The molecule has 1 fully saturated rings. The number of hydrogen-bond donors (Lipinski definition) is 1. The van der Waals surface area contributed by atoms with Crippen molar-refractivity contribution in [1.29, 1.82) is 0 Å². The van der Waals surface area contributed by atoms with Crippen molar-refractivity contribution < 1.29 is 9.84 Å². The maximum absolute atomic E-state index is 9.73. The first-order valence-corrected chi connectivity index (χ1v) is 4.24. The molecule has 0 bridgehead atoms. The fourth-order valence-corrected chi connectivity index (χ4v) is 1.46. The lowest BCUT2D eigenvalue weighted by Gasteiger charge is -2.31. The molecule has 64 valence electrons. The lowest BCUT2D eigenvalue weighted by atomic mass is 9.94. The van der Waals surface area contributed by atoms with Gasteiger partial charge in [0.25, 0.3) is 0 Å². The Kier molecular flexibility index (Phi) is 3.09. The zero-order chi connectivity index (χ0) is 8.16. The summed E-state index contributed by atoms with van der Waals surface area (Å²) in [4.78, 5) is 0. The number of aliphatic hydroxyl groups is 1. The maximum atomic E-state index is 9.73. The van der Waals surface area contributed by atoms with Crippen molar-refractivity contribution >= 4 is 0 Å². The molecule has 1 aliphatic carbocycles. The van der Waals surface area contributed by atoms with Gasteiger partial charge < -0.3 is 9.84 Å². The topological polar surface area (TPSA) is 29.5 Å². The van der Waals surface area contributed by atoms with Crippen LogP contribution >= 0.6 is 0 Å². The van der Waals surface area contributed by atoms with Gasteiger partial charge in [0.2, 0.25) is 0 Å². The van der Waals surface area contributed by atoms with Crippen molar-refractivity contribution in [3.8, 4) is 0 Å². The lowest BCUT2D eigenvalue weighted by Crippen LogP contribution is -2.34. The van der Waals surface area contributed by atoms with Crippen LogP contribution in [0.3, 0.4) is 0 Å². The first-order valence-electron chi connectivity index (χ1n) is 4.24. The largest absolute Gasteiger partial charge is 0.365 e. The quantitative estimate of drug-likeness (QED) is 0.499. The Morgan fingerprint density at radius 1 is 1.36 bits per heavy atom. The van der Waals surface area contributed by atoms with Crippen molar-refractivity contribution in [3.63, 3.8) is 0 Å². The molecule has 0 unspecified atom stereocenters. The summed E-state index contributed by atoms with van der Waals surface area (Å²) in [6.07, 6.45) is 6.61. The van der Waals surface area contributed by atoms with E-state index in [0.29, 0.717) is 6.61 Å². The predicted octanol–water partition coefficient (Wildman–Crippen LogP) is 1.84. The molecule has 0 aromatic heterocycles. The van der Waals surface area contributed by atoms with E-state index in [1.807, 2.05) is 0 Å². The van der Waals surface area contributed by atoms with E-state index in [2.05, 4.69) is 6.58 Å². The van der Waals surface area contributed by atoms with Crippen LogP contribution in [0.15, 0.2) is 12.7 Å². The summed E-state index contributed by atoms with van der Waals surface area (Å²) in [6.45, 7) is 3.99. The fourth-order valence-electron chi connectivity index (χ4n) is 1.46. The molecule has 0 amide bonds. The highest BCUT2D eigenvalue weighted by molar-refractivity contribution is 4.75. The summed E-state index contributed by atoms with van der Waals surface area (Å²) in [5.41, 5.74) is 0. The smallest absolute Gasteiger partial charge is 0.165 e. The molecule has 11 heavy (non-hydrogen) atoms. The zero-order valence-corrected chi connectivity index (χ0v) is 6.88. The maximum Gasteiger partial charge on any atom is 0.165 e. The zero-order valence-electron chi connectivity index (χ0n) is 6.88. The van der Waals surface area contributed by atoms with Crippen LogP contribution in [0.1, 0.15) is 32.1 Å². The van der Waals surface area contributed by atoms with Crippen molar-refractivity contribution in [2.24, 2.45) is 0 Å². The molecule has 0 radical (unpaired) electrons. The predicted molar refractivity (Wildman–Crippen MR) is 44.2 cm³/mol. The molecule has 2 nitrogen and oxygen atoms in total. The second kappa shape index (κ2) is 3.88. The van der Waals surface area contributed by atoms with Crippen molar-refractivity contribution in [2.75, 3.05) is 6.61 Å². The molecule has 1 rings (SSSR count). The highest BCUT2D eigenvalue weighted by Crippen LogP contribution is 2.28. The van der Waals surface area contributed by atoms with E-state index >= 15 is 0 Å². The van der Waals surface area contributed by atoms with Gasteiger partial charge in [-0.3, -0.25) is 0 Å². The molecule has 0 saturated heterocycles. The van der Waals surface area contributed by atoms with E-state index in [9.17, 15) is 5.11 Å². The number of hydrogen-bond acceptors (Lipinski definition) is 2. The monoisotopic (exact) mass is 156 g/mol. The molecular formula is C9H16O2. The summed E-state index contributed by atoms with van der Waals surface area (Å²) in [5.74, 6) is -0.841. The molecule has 0 atom stereocenters. The lowest BCUT2D eigenvalue weighted by molar-refractivity contribution is -0.213. The van der Waals surface area contributed by atoms with Crippen molar-refractivity contribution in [3.05, 3.63) is 12.7 Å². The molecule has 1 N–H and O–H groups in total. The first-order chi connectivity index (χ1) is 5.27. The Balaban J connectivity index is 2.30. The summed E-state index contributed by atoms with van der Waals surface area (Å²) < 4.78 is 5.26. The molecule has 0 spiro atoms. The Bertz CT molecular complexity index is 126. The van der Waals surface area contributed by atoms with E-state index in [0.717, 1.165) is 25.7 Å². The van der Waals surface area contributed by atoms with E-state index < -0.39 is 5.79 Å². The molecule has 0 heterocycles. The van der Waals surface area contributed by atoms with Gasteiger partial charge in [-0.2, -0.15) is 0 Å². The van der Waals surface area contributed by atoms with Gasteiger partial charge in [-0.15, -0.1) is 6.58 Å². The van der Waals surface area contributed by atoms with Gasteiger partial charge in [0, 0.05) is 12.8 Å². The minimum Gasteiger partial charge on any atom is -0.365 e. The standard InChI is InChI=1S/C9H16O2/c1-2-8-11-9(10)6-4-3-5-7-9/h2,10H,1,3-8H2. The van der Waals surface area contributed by atoms with Crippen LogP contribution in [0.5, 0.6) is 0 Å². The molecule has 0 aliphatic heterocycles. The van der Waals surface area contributed by atoms with Crippen LogP contribution in [0.25, 0.3) is 0 Å². The molecular weight excluding hydrogens is 140 g/mol. The van der Waals surface area contributed by atoms with Gasteiger partial charge in [0.15, 0.2) is 5.79 Å². The van der Waals surface area contributed by atoms with Crippen LogP contribution in [0.4, 0.5) is 0 Å². The first kappa shape index (κ1) is 8.75. The van der Waals surface area contributed by atoms with Crippen LogP contribution in [0, 0.1) is 0 Å². The minimum atomic E-state index is -0.841. The Hall–Kier alpha value is -0.340. The average Bonchev–Trinajstić information content (AvgIpc) is 2.03. The average molecular weight is 156 g/mol. The van der Waals surface area contributed by atoms with Crippen LogP contribution < -0.4 is 0 Å². The van der Waals surface area contributed by atoms with E-state index in [-0.39, 0.29) is 0 Å². The summed E-state index contributed by atoms with van der Waals surface area (Å²) >= 11 is 0. The third-order valence-electron chi connectivity index (χ3n) is 2.10. The molecule has 0 aromatic rings. The molecule has 1 saturated carbocycles. The summed E-state index contributed by atoms with van der Waals surface area (Å²) in [7, 11) is 0. The number of rotatable bonds is 3. The molecule has 2 heteroatoms. The second-order valence-electron chi connectivity index (χ2n) is 3.11. The van der Waals surface area contributed by atoms with Crippen molar-refractivity contribution in [1.82, 2.24) is 0 Å². The van der Waals surface area contributed by atoms with E-state index in [4.69, 9.17) is 4.74 Å². The Morgan fingerprint density at radius 2 is 2.00 bits per heavy atom. The van der Waals surface area contributed by atoms with Gasteiger partial charge in [0.05, 0.1) is 6.61 Å². The van der Waals surface area contributed by atoms with Gasteiger partial charge in [-0.25, -0.2) is 0 Å². The van der Waals surface area contributed by atoms with Gasteiger partial charge >= 0.3 is 0 Å². The van der Waals surface area contributed by atoms with Gasteiger partial charge in [-0.05, 0) is 12.8 Å². The second-order valence-corrected chi connectivity index (χ2v) is 3.11. The fraction of sp³-hybridized carbons (Fsp3) is 0.778. The van der Waals surface area contributed by atoms with Gasteiger partial charge in [-0.1, -0.05) is 12.5 Å². The van der Waals surface area contributed by atoms with Crippen molar-refractivity contribution in [2.45, 2.75) is 37.9 Å². The highest BCUT2D eigenvalue weighted by atomic mass is 16.6. The summed E-state index contributed by atoms with van der Waals surface area (Å²) in [6, 6.07) is 0. The third-order valence-corrected chi connectivity index (χ3v) is 2.10. The third kappa shape index (κ3) is 2.64. The summed E-state index contributed by atoms with van der Waals surface area (Å²) in [5, 5.41) is 9.73. The molecule has 0 aromatic carbocycles. The SMILES string of the molecule is C=CCOC1(O)CCCCC1.